The maximum absolute atomic E-state index is 13.2. The van der Waals surface area contributed by atoms with E-state index in [0.29, 0.717) is 18.0 Å². The molecule has 1 amide bonds. The van der Waals surface area contributed by atoms with E-state index in [1.165, 1.54) is 11.9 Å². The monoisotopic (exact) mass is 458 g/mol. The van der Waals surface area contributed by atoms with Gasteiger partial charge in [-0.1, -0.05) is 35.5 Å². The Hall–Kier alpha value is -3.24. The summed E-state index contributed by atoms with van der Waals surface area (Å²) in [6.45, 7) is 2.52. The fraction of sp³-hybridized carbons (Fsp3) is 0.318. The number of likely N-dealkylation sites (N-methyl/N-ethyl adjacent to an activating group) is 2. The third kappa shape index (κ3) is 5.51. The Balaban J connectivity index is 1.78. The Morgan fingerprint density at radius 2 is 1.75 bits per heavy atom. The molecule has 1 atom stereocenters. The van der Waals surface area contributed by atoms with Gasteiger partial charge >= 0.3 is 0 Å². The Bertz CT molecular complexity index is 1150. The molecular weight excluding hydrogens is 432 g/mol. The fourth-order valence-electron chi connectivity index (χ4n) is 3.13. The van der Waals surface area contributed by atoms with Crippen molar-refractivity contribution in [2.75, 3.05) is 27.0 Å². The second-order valence-corrected chi connectivity index (χ2v) is 9.30. The van der Waals surface area contributed by atoms with Crippen molar-refractivity contribution in [2.24, 2.45) is 0 Å². The summed E-state index contributed by atoms with van der Waals surface area (Å²) in [5, 5.41) is 3.98. The summed E-state index contributed by atoms with van der Waals surface area (Å²) in [5.41, 5.74) is 1.31. The van der Waals surface area contributed by atoms with Crippen molar-refractivity contribution in [3.05, 3.63) is 66.1 Å². The van der Waals surface area contributed by atoms with Crippen LogP contribution in [0.4, 0.5) is 0 Å². The number of carbonyl (C=O) groups is 1. The first-order valence-corrected chi connectivity index (χ1v) is 11.8. The number of sulfonamides is 1. The van der Waals surface area contributed by atoms with E-state index in [-0.39, 0.29) is 12.4 Å². The number of hydrogen-bond acceptors (Lipinski definition) is 7. The molecule has 2 aromatic carbocycles. The molecule has 0 bridgehead atoms. The van der Waals surface area contributed by atoms with E-state index in [2.05, 4.69) is 10.1 Å². The molecule has 3 rings (SSSR count). The van der Waals surface area contributed by atoms with Crippen molar-refractivity contribution in [2.45, 2.75) is 19.5 Å². The van der Waals surface area contributed by atoms with Crippen LogP contribution >= 0.6 is 0 Å². The minimum absolute atomic E-state index is 0.0315. The van der Waals surface area contributed by atoms with Gasteiger partial charge in [0.1, 0.15) is 11.8 Å². The van der Waals surface area contributed by atoms with Crippen LogP contribution in [-0.2, 0) is 21.4 Å². The van der Waals surface area contributed by atoms with E-state index in [0.717, 1.165) is 21.9 Å². The molecule has 0 radical (unpaired) electrons. The quantitative estimate of drug-likeness (QED) is 0.485. The topological polar surface area (TPSA) is 106 Å². The molecule has 0 N–H and O–H groups in total. The normalized spacial score (nSPS) is 12.5. The van der Waals surface area contributed by atoms with E-state index >= 15 is 0 Å². The van der Waals surface area contributed by atoms with Crippen LogP contribution in [0.1, 0.15) is 24.4 Å². The van der Waals surface area contributed by atoms with Gasteiger partial charge in [0.05, 0.1) is 19.4 Å². The van der Waals surface area contributed by atoms with Crippen molar-refractivity contribution in [3.63, 3.8) is 0 Å². The van der Waals surface area contributed by atoms with Gasteiger partial charge in [0, 0.05) is 19.7 Å². The first-order valence-electron chi connectivity index (χ1n) is 9.99. The number of ether oxygens (including phenoxy) is 1. The summed E-state index contributed by atoms with van der Waals surface area (Å²) >= 11 is 0. The molecule has 1 aromatic heterocycles. The minimum Gasteiger partial charge on any atom is -0.494 e. The highest BCUT2D eigenvalue weighted by Crippen LogP contribution is 2.25. The van der Waals surface area contributed by atoms with Crippen molar-refractivity contribution in [1.82, 2.24) is 19.3 Å². The van der Waals surface area contributed by atoms with E-state index in [9.17, 15) is 13.2 Å². The molecule has 0 fully saturated rings. The number of aromatic nitrogens is 2. The van der Waals surface area contributed by atoms with Gasteiger partial charge in [-0.3, -0.25) is 4.79 Å². The van der Waals surface area contributed by atoms with Crippen LogP contribution in [0.25, 0.3) is 11.4 Å². The molecule has 0 saturated carbocycles. The second kappa shape index (κ2) is 9.92. The lowest BCUT2D eigenvalue weighted by Gasteiger charge is -2.29. The Morgan fingerprint density at radius 3 is 2.34 bits per heavy atom. The average Bonchev–Trinajstić information content (AvgIpc) is 3.23. The van der Waals surface area contributed by atoms with Gasteiger partial charge in [-0.25, -0.2) is 8.42 Å². The molecule has 9 nitrogen and oxygen atoms in total. The molecule has 0 spiro atoms. The smallest absolute Gasteiger partial charge is 0.246 e. The molecule has 1 unspecified atom stereocenters. The molecule has 170 valence electrons. The summed E-state index contributed by atoms with van der Waals surface area (Å²) in [7, 11) is -0.668. The minimum atomic E-state index is -3.62. The highest BCUT2D eigenvalue weighted by Gasteiger charge is 2.33. The maximum Gasteiger partial charge on any atom is 0.246 e. The Morgan fingerprint density at radius 1 is 1.09 bits per heavy atom. The third-order valence-corrected chi connectivity index (χ3v) is 6.13. The van der Waals surface area contributed by atoms with Gasteiger partial charge in [-0.15, -0.1) is 0 Å². The van der Waals surface area contributed by atoms with Crippen LogP contribution in [0, 0.1) is 0 Å². The first kappa shape index (κ1) is 23.4. The molecule has 0 saturated heterocycles. The molecule has 10 heteroatoms. The van der Waals surface area contributed by atoms with Crippen LogP contribution in [0.15, 0.2) is 59.1 Å². The van der Waals surface area contributed by atoms with Gasteiger partial charge in [-0.05, 0) is 36.8 Å². The summed E-state index contributed by atoms with van der Waals surface area (Å²) in [4.78, 5) is 19.0. The molecule has 1 heterocycles. The third-order valence-electron chi connectivity index (χ3n) is 4.88. The summed E-state index contributed by atoms with van der Waals surface area (Å²) in [6, 6.07) is 15.0. The molecular formula is C22H26N4O5S. The van der Waals surface area contributed by atoms with E-state index < -0.39 is 22.0 Å². The zero-order valence-corrected chi connectivity index (χ0v) is 19.2. The molecule has 0 aliphatic heterocycles. The first-order chi connectivity index (χ1) is 15.2. The number of rotatable bonds is 9. The van der Waals surface area contributed by atoms with E-state index in [1.807, 2.05) is 31.2 Å². The highest BCUT2D eigenvalue weighted by atomic mass is 32.2. The predicted octanol–water partition coefficient (Wildman–Crippen LogP) is 2.73. The van der Waals surface area contributed by atoms with Crippen molar-refractivity contribution in [1.29, 1.82) is 0 Å². The highest BCUT2D eigenvalue weighted by molar-refractivity contribution is 7.88. The second-order valence-electron chi connectivity index (χ2n) is 7.26. The standard InChI is InChI=1S/C22H26N4O5S/c1-5-30-18-13-11-17(12-14-18)21-23-19(31-24-21)15-25(2)22(27)20(26(3)32(4,28)29)16-9-7-6-8-10-16/h6-14,20H,5,15H2,1-4H3. The summed E-state index contributed by atoms with van der Waals surface area (Å²) in [6.07, 6.45) is 1.07. The van der Waals surface area contributed by atoms with Gasteiger partial charge in [0.2, 0.25) is 27.6 Å². The van der Waals surface area contributed by atoms with Gasteiger partial charge < -0.3 is 14.2 Å². The number of carbonyl (C=O) groups excluding carboxylic acids is 1. The summed E-state index contributed by atoms with van der Waals surface area (Å²) < 4.78 is 36.1. The van der Waals surface area contributed by atoms with E-state index in [4.69, 9.17) is 9.26 Å². The van der Waals surface area contributed by atoms with E-state index in [1.54, 1.807) is 37.4 Å². The lowest BCUT2D eigenvalue weighted by atomic mass is 10.1. The zero-order valence-electron chi connectivity index (χ0n) is 18.4. The van der Waals surface area contributed by atoms with Crippen molar-refractivity contribution < 1.29 is 22.5 Å². The van der Waals surface area contributed by atoms with Crippen LogP contribution in [0.5, 0.6) is 5.75 Å². The zero-order chi connectivity index (χ0) is 23.3. The van der Waals surface area contributed by atoms with Gasteiger partial charge in [0.25, 0.3) is 0 Å². The number of hydrogen-bond donors (Lipinski definition) is 0. The van der Waals surface area contributed by atoms with Crippen LogP contribution in [-0.4, -0.2) is 60.6 Å². The van der Waals surface area contributed by atoms with Gasteiger partial charge in [0.15, 0.2) is 0 Å². The molecule has 3 aromatic rings. The number of benzene rings is 2. The number of nitrogens with zero attached hydrogens (tertiary/aromatic N) is 4. The van der Waals surface area contributed by atoms with Gasteiger partial charge in [-0.2, -0.15) is 9.29 Å². The van der Waals surface area contributed by atoms with Crippen molar-refractivity contribution in [3.8, 4) is 17.1 Å². The number of amides is 1. The Kier molecular flexibility index (Phi) is 7.26. The molecule has 0 aliphatic rings. The van der Waals surface area contributed by atoms with Crippen LogP contribution in [0.2, 0.25) is 0 Å². The molecule has 0 aliphatic carbocycles. The lowest BCUT2D eigenvalue weighted by Crippen LogP contribution is -2.41. The Labute approximate surface area is 187 Å². The predicted molar refractivity (Wildman–Crippen MR) is 119 cm³/mol. The lowest BCUT2D eigenvalue weighted by molar-refractivity contribution is -0.134. The summed E-state index contributed by atoms with van der Waals surface area (Å²) in [5.74, 6) is 0.951. The SMILES string of the molecule is CCOc1ccc(-c2noc(CN(C)C(=O)C(c3ccccc3)N(C)S(C)(=O)=O)n2)cc1. The molecule has 32 heavy (non-hydrogen) atoms. The largest absolute Gasteiger partial charge is 0.494 e. The fourth-order valence-corrected chi connectivity index (χ4v) is 3.72. The van der Waals surface area contributed by atoms with Crippen LogP contribution < -0.4 is 4.74 Å². The van der Waals surface area contributed by atoms with Crippen molar-refractivity contribution >= 4 is 15.9 Å². The average molecular weight is 459 g/mol. The maximum atomic E-state index is 13.2. The van der Waals surface area contributed by atoms with Crippen LogP contribution in [0.3, 0.4) is 0 Å².